The fourth-order valence-electron chi connectivity index (χ4n) is 4.43. The van der Waals surface area contributed by atoms with Gasteiger partial charge in [-0.15, -0.1) is 0 Å². The highest BCUT2D eigenvalue weighted by molar-refractivity contribution is 5.78. The summed E-state index contributed by atoms with van der Waals surface area (Å²) in [5, 5.41) is 2.95. The average molecular weight is 388 g/mol. The van der Waals surface area contributed by atoms with Crippen molar-refractivity contribution >= 4 is 11.8 Å². The standard InChI is InChI=1S/C22H33N3O3/c1-17(26)23-20-7-5-11-25(15-20)22(27)16-24-12-9-18(10-13-24)14-19-6-3-4-8-21(19)28-2/h3-4,6,8,18,20H,5,7,9-16H2,1-2H3,(H,23,26). The number of likely N-dealkylation sites (tertiary alicyclic amines) is 2. The van der Waals surface area contributed by atoms with E-state index in [1.54, 1.807) is 7.11 Å². The summed E-state index contributed by atoms with van der Waals surface area (Å²) < 4.78 is 5.47. The lowest BCUT2D eigenvalue weighted by Gasteiger charge is -2.36. The van der Waals surface area contributed by atoms with E-state index in [1.807, 2.05) is 17.0 Å². The van der Waals surface area contributed by atoms with Gasteiger partial charge in [0.1, 0.15) is 5.75 Å². The highest BCUT2D eigenvalue weighted by Gasteiger charge is 2.27. The Morgan fingerprint density at radius 2 is 1.89 bits per heavy atom. The molecule has 1 aromatic carbocycles. The van der Waals surface area contributed by atoms with Gasteiger partial charge < -0.3 is 15.0 Å². The first kappa shape index (κ1) is 20.6. The molecule has 1 N–H and O–H groups in total. The van der Waals surface area contributed by atoms with E-state index in [9.17, 15) is 9.59 Å². The van der Waals surface area contributed by atoms with Gasteiger partial charge in [0.15, 0.2) is 0 Å². The van der Waals surface area contributed by atoms with E-state index < -0.39 is 0 Å². The summed E-state index contributed by atoms with van der Waals surface area (Å²) in [5.41, 5.74) is 1.27. The summed E-state index contributed by atoms with van der Waals surface area (Å²) in [6.07, 6.45) is 5.17. The first-order valence-corrected chi connectivity index (χ1v) is 10.4. The van der Waals surface area contributed by atoms with Crippen molar-refractivity contribution < 1.29 is 14.3 Å². The van der Waals surface area contributed by atoms with Gasteiger partial charge >= 0.3 is 0 Å². The number of carbonyl (C=O) groups is 2. The number of carbonyl (C=O) groups excluding carboxylic acids is 2. The van der Waals surface area contributed by atoms with Crippen LogP contribution in [0.3, 0.4) is 0 Å². The van der Waals surface area contributed by atoms with Gasteiger partial charge in [0, 0.05) is 26.1 Å². The molecular formula is C22H33N3O3. The number of hydrogen-bond donors (Lipinski definition) is 1. The van der Waals surface area contributed by atoms with Crippen LogP contribution in [0.25, 0.3) is 0 Å². The largest absolute Gasteiger partial charge is 0.496 e. The lowest BCUT2D eigenvalue weighted by Crippen LogP contribution is -2.52. The van der Waals surface area contributed by atoms with Gasteiger partial charge in [0.25, 0.3) is 0 Å². The number of ether oxygens (including phenoxy) is 1. The van der Waals surface area contributed by atoms with Crippen LogP contribution < -0.4 is 10.1 Å². The highest BCUT2D eigenvalue weighted by atomic mass is 16.5. The summed E-state index contributed by atoms with van der Waals surface area (Å²) in [7, 11) is 1.73. The monoisotopic (exact) mass is 387 g/mol. The third-order valence-electron chi connectivity index (χ3n) is 5.95. The van der Waals surface area contributed by atoms with E-state index >= 15 is 0 Å². The molecule has 2 saturated heterocycles. The normalized spacial score (nSPS) is 21.4. The number of amides is 2. The summed E-state index contributed by atoms with van der Waals surface area (Å²) in [5.74, 6) is 1.79. The molecule has 1 aromatic rings. The van der Waals surface area contributed by atoms with Crippen LogP contribution in [-0.4, -0.2) is 67.5 Å². The number of piperidine rings is 2. The van der Waals surface area contributed by atoms with Crippen molar-refractivity contribution in [3.8, 4) is 5.75 Å². The van der Waals surface area contributed by atoms with Crippen molar-refractivity contribution in [2.75, 3.05) is 39.8 Å². The maximum atomic E-state index is 12.7. The first-order valence-electron chi connectivity index (χ1n) is 10.4. The van der Waals surface area contributed by atoms with E-state index in [4.69, 9.17) is 4.74 Å². The minimum atomic E-state index is -0.0172. The van der Waals surface area contributed by atoms with Gasteiger partial charge in [-0.25, -0.2) is 0 Å². The van der Waals surface area contributed by atoms with Gasteiger partial charge in [-0.1, -0.05) is 18.2 Å². The van der Waals surface area contributed by atoms with Gasteiger partial charge in [-0.05, 0) is 62.7 Å². The molecule has 2 fully saturated rings. The molecule has 6 heteroatoms. The summed E-state index contributed by atoms with van der Waals surface area (Å²) in [6.45, 7) is 5.41. The molecule has 1 unspecified atom stereocenters. The second-order valence-corrected chi connectivity index (χ2v) is 8.11. The van der Waals surface area contributed by atoms with Crippen LogP contribution in [-0.2, 0) is 16.0 Å². The third-order valence-corrected chi connectivity index (χ3v) is 5.95. The summed E-state index contributed by atoms with van der Waals surface area (Å²) >= 11 is 0. The maximum absolute atomic E-state index is 12.7. The number of nitrogens with one attached hydrogen (secondary N) is 1. The first-order chi connectivity index (χ1) is 13.5. The van der Waals surface area contributed by atoms with Crippen molar-refractivity contribution in [2.24, 2.45) is 5.92 Å². The zero-order chi connectivity index (χ0) is 19.9. The Morgan fingerprint density at radius 3 is 2.61 bits per heavy atom. The molecule has 0 saturated carbocycles. The van der Waals surface area contributed by atoms with Gasteiger partial charge in [0.2, 0.25) is 11.8 Å². The minimum absolute atomic E-state index is 0.0172. The topological polar surface area (TPSA) is 61.9 Å². The Bertz CT molecular complexity index is 671. The number of nitrogens with zero attached hydrogens (tertiary/aromatic N) is 2. The molecule has 0 spiro atoms. The second-order valence-electron chi connectivity index (χ2n) is 8.11. The van der Waals surface area contributed by atoms with Gasteiger partial charge in [0.05, 0.1) is 13.7 Å². The van der Waals surface area contributed by atoms with Crippen LogP contribution in [0.1, 0.15) is 38.2 Å². The third kappa shape index (κ3) is 5.71. The summed E-state index contributed by atoms with van der Waals surface area (Å²) in [6, 6.07) is 8.35. The zero-order valence-corrected chi connectivity index (χ0v) is 17.2. The fourth-order valence-corrected chi connectivity index (χ4v) is 4.43. The number of benzene rings is 1. The Labute approximate surface area is 168 Å². The van der Waals surface area contributed by atoms with Crippen molar-refractivity contribution in [3.63, 3.8) is 0 Å². The Morgan fingerprint density at radius 1 is 1.14 bits per heavy atom. The van der Waals surface area contributed by atoms with Crippen molar-refractivity contribution in [1.29, 1.82) is 0 Å². The quantitative estimate of drug-likeness (QED) is 0.812. The van der Waals surface area contributed by atoms with Gasteiger partial charge in [-0.3, -0.25) is 14.5 Å². The molecule has 0 bridgehead atoms. The molecule has 154 valence electrons. The van der Waals surface area contributed by atoms with Crippen LogP contribution in [0.4, 0.5) is 0 Å². The predicted octanol–water partition coefficient (Wildman–Crippen LogP) is 2.08. The average Bonchev–Trinajstić information content (AvgIpc) is 2.69. The number of rotatable bonds is 6. The number of methoxy groups -OCH3 is 1. The molecule has 3 rings (SSSR count). The van der Waals surface area contributed by atoms with E-state index in [1.165, 1.54) is 12.5 Å². The lowest BCUT2D eigenvalue weighted by molar-refractivity contribution is -0.135. The molecule has 1 atom stereocenters. The van der Waals surface area contributed by atoms with Crippen LogP contribution in [0.15, 0.2) is 24.3 Å². The van der Waals surface area contributed by atoms with Gasteiger partial charge in [-0.2, -0.15) is 0 Å². The molecule has 2 heterocycles. The van der Waals surface area contributed by atoms with Crippen molar-refractivity contribution in [2.45, 2.75) is 45.1 Å². The van der Waals surface area contributed by atoms with Crippen molar-refractivity contribution in [3.05, 3.63) is 29.8 Å². The molecular weight excluding hydrogens is 354 g/mol. The maximum Gasteiger partial charge on any atom is 0.236 e. The molecule has 0 aliphatic carbocycles. The van der Waals surface area contributed by atoms with Crippen LogP contribution in [0, 0.1) is 5.92 Å². The molecule has 28 heavy (non-hydrogen) atoms. The smallest absolute Gasteiger partial charge is 0.236 e. The SMILES string of the molecule is COc1ccccc1CC1CCN(CC(=O)N2CCCC(NC(C)=O)C2)CC1. The lowest BCUT2D eigenvalue weighted by atomic mass is 9.90. The molecule has 2 aliphatic rings. The Kier molecular flexibility index (Phi) is 7.31. The molecule has 0 aromatic heterocycles. The van der Waals surface area contributed by atoms with Crippen LogP contribution in [0.2, 0.25) is 0 Å². The van der Waals surface area contributed by atoms with Crippen LogP contribution in [0.5, 0.6) is 5.75 Å². The van der Waals surface area contributed by atoms with E-state index in [2.05, 4.69) is 22.3 Å². The number of hydrogen-bond acceptors (Lipinski definition) is 4. The molecule has 2 aliphatic heterocycles. The highest BCUT2D eigenvalue weighted by Crippen LogP contribution is 2.26. The predicted molar refractivity (Wildman–Crippen MR) is 109 cm³/mol. The molecule has 2 amide bonds. The molecule has 0 radical (unpaired) electrons. The van der Waals surface area contributed by atoms with E-state index in [0.29, 0.717) is 19.0 Å². The second kappa shape index (κ2) is 9.92. The van der Waals surface area contributed by atoms with Crippen LogP contribution >= 0.6 is 0 Å². The zero-order valence-electron chi connectivity index (χ0n) is 17.2. The minimum Gasteiger partial charge on any atom is -0.496 e. The Hall–Kier alpha value is -2.08. The van der Waals surface area contributed by atoms with Crippen molar-refractivity contribution in [1.82, 2.24) is 15.1 Å². The van der Waals surface area contributed by atoms with E-state index in [-0.39, 0.29) is 17.9 Å². The van der Waals surface area contributed by atoms with E-state index in [0.717, 1.165) is 57.5 Å². The fraction of sp³-hybridized carbons (Fsp3) is 0.636. The molecule has 6 nitrogen and oxygen atoms in total. The Balaban J connectivity index is 1.43. The summed E-state index contributed by atoms with van der Waals surface area (Å²) in [4.78, 5) is 28.2. The number of para-hydroxylation sites is 1.